The van der Waals surface area contributed by atoms with Crippen LogP contribution in [0, 0.1) is 5.41 Å². The molecule has 1 aromatic rings. The molecule has 1 aliphatic rings. The van der Waals surface area contributed by atoms with Crippen molar-refractivity contribution in [2.75, 3.05) is 19.3 Å². The van der Waals surface area contributed by atoms with E-state index in [0.29, 0.717) is 19.5 Å². The van der Waals surface area contributed by atoms with Gasteiger partial charge in [-0.15, -0.1) is 0 Å². The van der Waals surface area contributed by atoms with Crippen molar-refractivity contribution in [3.05, 3.63) is 24.3 Å². The first-order valence-electron chi connectivity index (χ1n) is 7.00. The lowest BCUT2D eigenvalue weighted by Gasteiger charge is -2.41. The van der Waals surface area contributed by atoms with Crippen LogP contribution < -0.4 is 5.73 Å². The van der Waals surface area contributed by atoms with Crippen LogP contribution in [0.15, 0.2) is 34.1 Å². The van der Waals surface area contributed by atoms with E-state index in [-0.39, 0.29) is 21.2 Å². The van der Waals surface area contributed by atoms with Gasteiger partial charge in [0.25, 0.3) is 0 Å². The molecular weight excluding hydrogens is 324 g/mol. The molecule has 0 amide bonds. The molecule has 0 radical (unpaired) electrons. The number of benzene rings is 1. The smallest absolute Gasteiger partial charge is 0.243 e. The summed E-state index contributed by atoms with van der Waals surface area (Å²) >= 11 is 0. The molecular formula is C14H22N2O4S2. The van der Waals surface area contributed by atoms with Crippen molar-refractivity contribution in [1.82, 2.24) is 4.31 Å². The Morgan fingerprint density at radius 1 is 1.18 bits per heavy atom. The summed E-state index contributed by atoms with van der Waals surface area (Å²) in [6, 6.07) is 5.42. The van der Waals surface area contributed by atoms with E-state index in [1.54, 1.807) is 0 Å². The van der Waals surface area contributed by atoms with Crippen LogP contribution in [0.2, 0.25) is 0 Å². The number of nitrogens with zero attached hydrogens (tertiary/aromatic N) is 1. The van der Waals surface area contributed by atoms with Crippen LogP contribution in [-0.2, 0) is 19.9 Å². The molecule has 0 aliphatic carbocycles. The van der Waals surface area contributed by atoms with E-state index >= 15 is 0 Å². The minimum absolute atomic E-state index is 0.00143. The van der Waals surface area contributed by atoms with Gasteiger partial charge in [-0.1, -0.05) is 19.9 Å². The standard InChI is InChI=1S/C14H22N2O4S2/c1-14(2)10-16(8-7-13(14)15)22(19,20)12-6-4-5-11(9-12)21(3,17)18/h4-6,9,13H,7-8,10,15H2,1-3H3. The molecule has 1 heterocycles. The summed E-state index contributed by atoms with van der Waals surface area (Å²) in [6.45, 7) is 4.54. The molecule has 1 saturated heterocycles. The summed E-state index contributed by atoms with van der Waals surface area (Å²) in [4.78, 5) is 0.00300. The Labute approximate surface area is 132 Å². The Balaban J connectivity index is 2.40. The third kappa shape index (κ3) is 3.34. The lowest BCUT2D eigenvalue weighted by molar-refractivity contribution is 0.155. The average molecular weight is 346 g/mol. The van der Waals surface area contributed by atoms with Crippen molar-refractivity contribution < 1.29 is 16.8 Å². The zero-order valence-corrected chi connectivity index (χ0v) is 14.6. The molecule has 2 rings (SSSR count). The first-order valence-corrected chi connectivity index (χ1v) is 10.3. The predicted octanol–water partition coefficient (Wildman–Crippen LogP) is 0.838. The third-order valence-corrected chi connectivity index (χ3v) is 7.10. The fraction of sp³-hybridized carbons (Fsp3) is 0.571. The zero-order valence-electron chi connectivity index (χ0n) is 13.0. The summed E-state index contributed by atoms with van der Waals surface area (Å²) < 4.78 is 50.1. The summed E-state index contributed by atoms with van der Waals surface area (Å²) in [7, 11) is -7.18. The Kier molecular flexibility index (Phi) is 4.42. The van der Waals surface area contributed by atoms with Crippen LogP contribution >= 0.6 is 0 Å². The second-order valence-electron chi connectivity index (χ2n) is 6.47. The first-order chi connectivity index (χ1) is 9.94. The molecule has 22 heavy (non-hydrogen) atoms. The van der Waals surface area contributed by atoms with Gasteiger partial charge in [-0.2, -0.15) is 4.31 Å². The number of rotatable bonds is 3. The van der Waals surface area contributed by atoms with E-state index in [9.17, 15) is 16.8 Å². The van der Waals surface area contributed by atoms with E-state index in [1.807, 2.05) is 13.8 Å². The maximum Gasteiger partial charge on any atom is 0.243 e. The second kappa shape index (κ2) is 5.59. The molecule has 1 unspecified atom stereocenters. The van der Waals surface area contributed by atoms with Crippen molar-refractivity contribution in [3.8, 4) is 0 Å². The quantitative estimate of drug-likeness (QED) is 0.874. The normalized spacial score (nSPS) is 23.4. The highest BCUT2D eigenvalue weighted by molar-refractivity contribution is 7.91. The molecule has 0 spiro atoms. The van der Waals surface area contributed by atoms with Gasteiger partial charge in [-0.05, 0) is 30.0 Å². The van der Waals surface area contributed by atoms with Crippen molar-refractivity contribution in [2.24, 2.45) is 11.1 Å². The van der Waals surface area contributed by atoms with Gasteiger partial charge < -0.3 is 5.73 Å². The topological polar surface area (TPSA) is 97.5 Å². The molecule has 1 fully saturated rings. The van der Waals surface area contributed by atoms with Gasteiger partial charge in [0, 0.05) is 25.4 Å². The lowest BCUT2D eigenvalue weighted by atomic mass is 9.81. The molecule has 8 heteroatoms. The maximum atomic E-state index is 12.8. The Hall–Kier alpha value is -0.960. The maximum absolute atomic E-state index is 12.8. The van der Waals surface area contributed by atoms with Gasteiger partial charge in [-0.3, -0.25) is 0 Å². The highest BCUT2D eigenvalue weighted by atomic mass is 32.2. The van der Waals surface area contributed by atoms with Crippen molar-refractivity contribution >= 4 is 19.9 Å². The highest BCUT2D eigenvalue weighted by Gasteiger charge is 2.38. The number of hydrogen-bond donors (Lipinski definition) is 1. The van der Waals surface area contributed by atoms with Crippen LogP contribution in [0.3, 0.4) is 0 Å². The average Bonchev–Trinajstić information content (AvgIpc) is 2.41. The van der Waals surface area contributed by atoms with Crippen molar-refractivity contribution in [1.29, 1.82) is 0 Å². The van der Waals surface area contributed by atoms with Crippen molar-refractivity contribution in [3.63, 3.8) is 0 Å². The number of sulfonamides is 1. The molecule has 0 bridgehead atoms. The van der Waals surface area contributed by atoms with Crippen LogP contribution in [0.25, 0.3) is 0 Å². The van der Waals surface area contributed by atoms with Crippen LogP contribution in [-0.4, -0.2) is 46.5 Å². The fourth-order valence-corrected chi connectivity index (χ4v) is 4.96. The minimum Gasteiger partial charge on any atom is -0.327 e. The summed E-state index contributed by atoms with van der Waals surface area (Å²) in [5.41, 5.74) is 5.72. The molecule has 1 aliphatic heterocycles. The number of hydrogen-bond acceptors (Lipinski definition) is 5. The van der Waals surface area contributed by atoms with Gasteiger partial charge >= 0.3 is 0 Å². The van der Waals surface area contributed by atoms with Crippen LogP contribution in [0.5, 0.6) is 0 Å². The Morgan fingerprint density at radius 3 is 2.32 bits per heavy atom. The van der Waals surface area contributed by atoms with Crippen LogP contribution in [0.1, 0.15) is 20.3 Å². The Bertz CT molecular complexity index is 770. The number of piperidine rings is 1. The molecule has 0 saturated carbocycles. The predicted molar refractivity (Wildman–Crippen MR) is 84.7 cm³/mol. The molecule has 124 valence electrons. The van der Waals surface area contributed by atoms with Gasteiger partial charge in [0.1, 0.15) is 0 Å². The van der Waals surface area contributed by atoms with Gasteiger partial charge in [0.2, 0.25) is 10.0 Å². The van der Waals surface area contributed by atoms with E-state index in [4.69, 9.17) is 5.73 Å². The SMILES string of the molecule is CC1(C)CN(S(=O)(=O)c2cccc(S(C)(=O)=O)c2)CCC1N. The molecule has 6 nitrogen and oxygen atoms in total. The summed E-state index contributed by atoms with van der Waals surface area (Å²) in [5, 5.41) is 0. The molecule has 1 atom stereocenters. The summed E-state index contributed by atoms with van der Waals surface area (Å²) in [5.74, 6) is 0. The van der Waals surface area contributed by atoms with E-state index in [1.165, 1.54) is 28.6 Å². The number of nitrogens with two attached hydrogens (primary N) is 1. The third-order valence-electron chi connectivity index (χ3n) is 4.15. The van der Waals surface area contributed by atoms with Gasteiger partial charge in [0.05, 0.1) is 9.79 Å². The monoisotopic (exact) mass is 346 g/mol. The van der Waals surface area contributed by atoms with E-state index in [2.05, 4.69) is 0 Å². The lowest BCUT2D eigenvalue weighted by Crippen LogP contribution is -2.53. The summed E-state index contributed by atoms with van der Waals surface area (Å²) in [6.07, 6.45) is 1.64. The largest absolute Gasteiger partial charge is 0.327 e. The van der Waals surface area contributed by atoms with Crippen molar-refractivity contribution in [2.45, 2.75) is 36.1 Å². The molecule has 1 aromatic carbocycles. The van der Waals surface area contributed by atoms with Gasteiger partial charge in [0.15, 0.2) is 9.84 Å². The van der Waals surface area contributed by atoms with E-state index in [0.717, 1.165) is 6.26 Å². The fourth-order valence-electron chi connectivity index (χ4n) is 2.54. The Morgan fingerprint density at radius 2 is 1.77 bits per heavy atom. The minimum atomic E-state index is -3.73. The highest BCUT2D eigenvalue weighted by Crippen LogP contribution is 2.31. The second-order valence-corrected chi connectivity index (χ2v) is 10.4. The van der Waals surface area contributed by atoms with E-state index < -0.39 is 19.9 Å². The number of sulfone groups is 1. The zero-order chi connectivity index (χ0) is 16.8. The van der Waals surface area contributed by atoms with Crippen LogP contribution in [0.4, 0.5) is 0 Å². The first kappa shape index (κ1) is 17.4. The van der Waals surface area contributed by atoms with Gasteiger partial charge in [-0.25, -0.2) is 16.8 Å². The molecule has 2 N–H and O–H groups in total. The molecule has 0 aromatic heterocycles.